The summed E-state index contributed by atoms with van der Waals surface area (Å²) in [7, 11) is 0. The van der Waals surface area contributed by atoms with Gasteiger partial charge in [-0.15, -0.1) is 0 Å². The van der Waals surface area contributed by atoms with E-state index < -0.39 is 5.54 Å². The van der Waals surface area contributed by atoms with Crippen LogP contribution in [0, 0.1) is 5.92 Å². The minimum Gasteiger partial charge on any atom is -0.357 e. The third-order valence-corrected chi connectivity index (χ3v) is 6.81. The first kappa shape index (κ1) is 22.8. The highest BCUT2D eigenvalue weighted by Crippen LogP contribution is 2.26. The van der Waals surface area contributed by atoms with E-state index in [-0.39, 0.29) is 11.9 Å². The number of urea groups is 1. The minimum atomic E-state index is -0.760. The monoisotopic (exact) mass is 420 g/mol. The van der Waals surface area contributed by atoms with Gasteiger partial charge in [-0.25, -0.2) is 4.79 Å². The van der Waals surface area contributed by atoms with Gasteiger partial charge < -0.3 is 20.9 Å². The van der Waals surface area contributed by atoms with E-state index in [0.29, 0.717) is 32.0 Å². The van der Waals surface area contributed by atoms with Crippen LogP contribution in [0.4, 0.5) is 4.79 Å². The largest absolute Gasteiger partial charge is 0.357 e. The Kier molecular flexibility index (Phi) is 7.97. The molecule has 1 aliphatic carbocycles. The first-order valence-electron chi connectivity index (χ1n) is 11.9. The summed E-state index contributed by atoms with van der Waals surface area (Å²) in [4.78, 5) is 33.2. The summed E-state index contributed by atoms with van der Waals surface area (Å²) in [5, 5.41) is 9.70. The quantitative estimate of drug-likeness (QED) is 0.230. The van der Waals surface area contributed by atoms with Crippen molar-refractivity contribution in [3.8, 4) is 0 Å². The van der Waals surface area contributed by atoms with Gasteiger partial charge in [-0.2, -0.15) is 0 Å². The van der Waals surface area contributed by atoms with Crippen LogP contribution in [0.15, 0.2) is 4.99 Å². The Balaban J connectivity index is 1.42. The molecule has 0 aromatic carbocycles. The van der Waals surface area contributed by atoms with Crippen molar-refractivity contribution in [3.63, 3.8) is 0 Å². The Morgan fingerprint density at radius 1 is 1.23 bits per heavy atom. The van der Waals surface area contributed by atoms with Gasteiger partial charge in [0, 0.05) is 45.3 Å². The third-order valence-electron chi connectivity index (χ3n) is 6.81. The molecule has 0 bridgehead atoms. The maximum atomic E-state index is 12.5. The molecule has 1 saturated carbocycles. The topological polar surface area (TPSA) is 89.1 Å². The highest BCUT2D eigenvalue weighted by Gasteiger charge is 2.45. The predicted octanol–water partition coefficient (Wildman–Crippen LogP) is 1.92. The van der Waals surface area contributed by atoms with Gasteiger partial charge in [0.05, 0.1) is 0 Å². The lowest BCUT2D eigenvalue weighted by Crippen LogP contribution is -2.45. The SMILES string of the molecule is CCNC(=NCCCN1C(=O)NC(C)(CC)C1=O)NC1CCN(CC2CCCC2)C1. The van der Waals surface area contributed by atoms with Gasteiger partial charge in [-0.1, -0.05) is 19.8 Å². The second-order valence-electron chi connectivity index (χ2n) is 9.23. The van der Waals surface area contributed by atoms with Crippen molar-refractivity contribution in [2.75, 3.05) is 39.3 Å². The number of likely N-dealkylation sites (tertiary alicyclic amines) is 1. The predicted molar refractivity (Wildman–Crippen MR) is 119 cm³/mol. The molecule has 2 atom stereocenters. The van der Waals surface area contributed by atoms with Crippen LogP contribution in [0.3, 0.4) is 0 Å². The van der Waals surface area contributed by atoms with Crippen LogP contribution in [-0.4, -0.2) is 78.5 Å². The molecule has 170 valence electrons. The maximum absolute atomic E-state index is 12.5. The standard InChI is InChI=1S/C22H40N6O2/c1-4-22(3)19(29)28(21(30)26-22)13-8-12-24-20(23-5-2)25-18-11-14-27(16-18)15-17-9-6-7-10-17/h17-18H,4-16H2,1-3H3,(H,26,30)(H2,23,24,25). The molecule has 2 saturated heterocycles. The molecule has 3 rings (SSSR count). The van der Waals surface area contributed by atoms with E-state index in [1.807, 2.05) is 6.92 Å². The van der Waals surface area contributed by atoms with E-state index in [4.69, 9.17) is 0 Å². The average Bonchev–Trinajstić information content (AvgIpc) is 3.43. The molecule has 2 heterocycles. The van der Waals surface area contributed by atoms with Crippen molar-refractivity contribution in [2.24, 2.45) is 10.9 Å². The summed E-state index contributed by atoms with van der Waals surface area (Å²) in [6.45, 7) is 11.1. The zero-order valence-corrected chi connectivity index (χ0v) is 19.0. The Morgan fingerprint density at radius 2 is 2.00 bits per heavy atom. The van der Waals surface area contributed by atoms with Crippen molar-refractivity contribution in [2.45, 2.75) is 77.3 Å². The van der Waals surface area contributed by atoms with Crippen molar-refractivity contribution in [3.05, 3.63) is 0 Å². The molecule has 0 aromatic rings. The van der Waals surface area contributed by atoms with Gasteiger partial charge in [0.2, 0.25) is 0 Å². The normalized spacial score (nSPS) is 28.4. The third kappa shape index (κ3) is 5.65. The molecule has 2 unspecified atom stereocenters. The van der Waals surface area contributed by atoms with E-state index in [1.165, 1.54) is 37.1 Å². The van der Waals surface area contributed by atoms with E-state index >= 15 is 0 Å². The zero-order valence-electron chi connectivity index (χ0n) is 19.0. The molecule has 0 spiro atoms. The number of nitrogens with one attached hydrogen (secondary N) is 3. The number of hydrogen-bond donors (Lipinski definition) is 3. The lowest BCUT2D eigenvalue weighted by Gasteiger charge is -2.21. The highest BCUT2D eigenvalue weighted by atomic mass is 16.2. The number of amides is 3. The molecule has 2 aliphatic heterocycles. The summed E-state index contributed by atoms with van der Waals surface area (Å²) in [5.74, 6) is 1.60. The Bertz CT molecular complexity index is 633. The summed E-state index contributed by atoms with van der Waals surface area (Å²) >= 11 is 0. The Morgan fingerprint density at radius 3 is 2.67 bits per heavy atom. The zero-order chi connectivity index (χ0) is 21.6. The number of nitrogens with zero attached hydrogens (tertiary/aromatic N) is 3. The fourth-order valence-corrected chi connectivity index (χ4v) is 4.80. The number of rotatable bonds is 9. The summed E-state index contributed by atoms with van der Waals surface area (Å²) in [6, 6.07) is 0.145. The highest BCUT2D eigenvalue weighted by molar-refractivity contribution is 6.06. The van der Waals surface area contributed by atoms with Gasteiger partial charge in [-0.05, 0) is 51.9 Å². The molecule has 3 aliphatic rings. The lowest BCUT2D eigenvalue weighted by atomic mass is 9.99. The summed E-state index contributed by atoms with van der Waals surface area (Å²) < 4.78 is 0. The average molecular weight is 421 g/mol. The van der Waals surface area contributed by atoms with Crippen molar-refractivity contribution < 1.29 is 9.59 Å². The molecule has 8 heteroatoms. The second kappa shape index (κ2) is 10.5. The lowest BCUT2D eigenvalue weighted by molar-refractivity contribution is -0.130. The van der Waals surface area contributed by atoms with Gasteiger partial charge >= 0.3 is 6.03 Å². The van der Waals surface area contributed by atoms with Crippen molar-refractivity contribution in [1.82, 2.24) is 25.8 Å². The molecule has 8 nitrogen and oxygen atoms in total. The fraction of sp³-hybridized carbons (Fsp3) is 0.864. The minimum absolute atomic E-state index is 0.127. The molecular weight excluding hydrogens is 380 g/mol. The number of hydrogen-bond acceptors (Lipinski definition) is 4. The maximum Gasteiger partial charge on any atom is 0.325 e. The van der Waals surface area contributed by atoms with Crippen LogP contribution >= 0.6 is 0 Å². The van der Waals surface area contributed by atoms with E-state index in [1.54, 1.807) is 6.92 Å². The molecular formula is C22H40N6O2. The van der Waals surface area contributed by atoms with Crippen LogP contribution in [0.2, 0.25) is 0 Å². The van der Waals surface area contributed by atoms with E-state index in [0.717, 1.165) is 37.9 Å². The first-order valence-corrected chi connectivity index (χ1v) is 11.9. The van der Waals surface area contributed by atoms with Crippen LogP contribution in [0.25, 0.3) is 0 Å². The number of carbonyl (C=O) groups is 2. The molecule has 0 aromatic heterocycles. The molecule has 0 radical (unpaired) electrons. The van der Waals surface area contributed by atoms with Gasteiger partial charge in [-0.3, -0.25) is 14.7 Å². The number of guanidine groups is 1. The molecule has 3 N–H and O–H groups in total. The Hall–Kier alpha value is -1.83. The van der Waals surface area contributed by atoms with Gasteiger partial charge in [0.15, 0.2) is 5.96 Å². The summed E-state index contributed by atoms with van der Waals surface area (Å²) in [5.41, 5.74) is -0.760. The van der Waals surface area contributed by atoms with Crippen molar-refractivity contribution in [1.29, 1.82) is 0 Å². The van der Waals surface area contributed by atoms with Crippen LogP contribution in [-0.2, 0) is 4.79 Å². The van der Waals surface area contributed by atoms with Crippen molar-refractivity contribution >= 4 is 17.9 Å². The molecule has 30 heavy (non-hydrogen) atoms. The van der Waals surface area contributed by atoms with Gasteiger partial charge in [0.25, 0.3) is 5.91 Å². The molecule has 3 amide bonds. The van der Waals surface area contributed by atoms with E-state index in [2.05, 4.69) is 32.8 Å². The Labute approximate surface area is 181 Å². The summed E-state index contributed by atoms with van der Waals surface area (Å²) in [6.07, 6.45) is 8.00. The second-order valence-corrected chi connectivity index (χ2v) is 9.23. The van der Waals surface area contributed by atoms with Crippen LogP contribution < -0.4 is 16.0 Å². The number of imide groups is 1. The van der Waals surface area contributed by atoms with E-state index in [9.17, 15) is 9.59 Å². The van der Waals surface area contributed by atoms with Crippen LogP contribution in [0.1, 0.15) is 65.7 Å². The smallest absolute Gasteiger partial charge is 0.325 e. The fourth-order valence-electron chi connectivity index (χ4n) is 4.80. The molecule has 3 fully saturated rings. The van der Waals surface area contributed by atoms with Gasteiger partial charge in [0.1, 0.15) is 5.54 Å². The first-order chi connectivity index (χ1) is 14.4. The number of aliphatic imine (C=N–C) groups is 1. The van der Waals surface area contributed by atoms with Crippen LogP contribution in [0.5, 0.6) is 0 Å². The number of carbonyl (C=O) groups excluding carboxylic acids is 2.